The summed E-state index contributed by atoms with van der Waals surface area (Å²) >= 11 is 0. The fourth-order valence-electron chi connectivity index (χ4n) is 5.22. The summed E-state index contributed by atoms with van der Waals surface area (Å²) in [6.07, 6.45) is 0.539. The number of halogens is 1. The van der Waals surface area contributed by atoms with E-state index < -0.39 is 29.5 Å². The van der Waals surface area contributed by atoms with Gasteiger partial charge in [-0.05, 0) is 38.5 Å². The van der Waals surface area contributed by atoms with Crippen LogP contribution >= 0.6 is 0 Å². The molecule has 0 aromatic heterocycles. The van der Waals surface area contributed by atoms with E-state index in [0.717, 1.165) is 25.9 Å². The molecule has 2 bridgehead atoms. The summed E-state index contributed by atoms with van der Waals surface area (Å²) in [5.41, 5.74) is -0.0305. The lowest BCUT2D eigenvalue weighted by Gasteiger charge is -2.51. The van der Waals surface area contributed by atoms with Crippen molar-refractivity contribution in [2.75, 3.05) is 26.2 Å². The number of carbonyl (C=O) groups excluding carboxylic acids is 3. The molecule has 2 aromatic rings. The Labute approximate surface area is 211 Å². The molecule has 1 amide bonds. The van der Waals surface area contributed by atoms with Crippen LogP contribution in [-0.4, -0.2) is 60.2 Å². The van der Waals surface area contributed by atoms with E-state index in [2.05, 4.69) is 5.32 Å². The maximum atomic E-state index is 14.2. The van der Waals surface area contributed by atoms with Crippen molar-refractivity contribution in [1.29, 1.82) is 0 Å². The lowest BCUT2D eigenvalue weighted by Crippen LogP contribution is -2.66. The van der Waals surface area contributed by atoms with E-state index in [0.29, 0.717) is 16.6 Å². The maximum Gasteiger partial charge on any atom is 0.408 e. The number of ether oxygens (including phenoxy) is 2. The molecule has 192 valence electrons. The van der Waals surface area contributed by atoms with Gasteiger partial charge in [0.1, 0.15) is 24.5 Å². The molecule has 0 spiro atoms. The number of rotatable bonds is 7. The van der Waals surface area contributed by atoms with Crippen molar-refractivity contribution >= 4 is 17.8 Å². The second-order valence-corrected chi connectivity index (χ2v) is 10.8. The minimum atomic E-state index is -1.02. The van der Waals surface area contributed by atoms with E-state index in [1.165, 1.54) is 12.1 Å². The molecule has 3 aliphatic rings. The lowest BCUT2D eigenvalue weighted by atomic mass is 9.82. The van der Waals surface area contributed by atoms with Crippen molar-refractivity contribution in [3.05, 3.63) is 71.5 Å². The smallest absolute Gasteiger partial charge is 0.408 e. The van der Waals surface area contributed by atoms with Crippen molar-refractivity contribution in [1.82, 2.24) is 5.32 Å². The van der Waals surface area contributed by atoms with E-state index in [1.54, 1.807) is 57.2 Å². The molecule has 3 aliphatic heterocycles. The van der Waals surface area contributed by atoms with Gasteiger partial charge >= 0.3 is 12.1 Å². The van der Waals surface area contributed by atoms with Gasteiger partial charge in [0.05, 0.1) is 18.7 Å². The molecule has 0 radical (unpaired) electrons. The second kappa shape index (κ2) is 10.4. The second-order valence-electron chi connectivity index (χ2n) is 10.8. The van der Waals surface area contributed by atoms with E-state index in [4.69, 9.17) is 9.47 Å². The van der Waals surface area contributed by atoms with Crippen LogP contribution in [0.4, 0.5) is 9.18 Å². The van der Waals surface area contributed by atoms with Crippen LogP contribution in [0, 0.1) is 11.7 Å². The van der Waals surface area contributed by atoms with Crippen molar-refractivity contribution in [3.63, 3.8) is 0 Å². The van der Waals surface area contributed by atoms with Gasteiger partial charge in [-0.3, -0.25) is 4.79 Å². The van der Waals surface area contributed by atoms with E-state index in [9.17, 15) is 18.8 Å². The van der Waals surface area contributed by atoms with Crippen LogP contribution in [0.1, 0.15) is 55.6 Å². The Kier molecular flexibility index (Phi) is 7.45. The molecule has 2 unspecified atom stereocenters. The number of esters is 1. The molecular formula is C28H34FN2O5+. The Morgan fingerprint density at radius 2 is 1.67 bits per heavy atom. The normalized spacial score (nSPS) is 24.0. The van der Waals surface area contributed by atoms with Gasteiger partial charge in [-0.15, -0.1) is 0 Å². The lowest BCUT2D eigenvalue weighted by molar-refractivity contribution is -0.938. The summed E-state index contributed by atoms with van der Waals surface area (Å²) in [7, 11) is 0. The number of nitrogens with one attached hydrogen (secondary N) is 1. The highest BCUT2D eigenvalue weighted by atomic mass is 19.1. The molecular weight excluding hydrogens is 463 g/mol. The number of quaternary nitrogens is 1. The number of fused-ring (bicyclic) bond motifs is 3. The number of alkyl carbamates (subject to hydrolysis) is 1. The summed E-state index contributed by atoms with van der Waals surface area (Å²) < 4.78 is 26.0. The van der Waals surface area contributed by atoms with Gasteiger partial charge in [0.2, 0.25) is 5.78 Å². The number of amides is 1. The predicted octanol–water partition coefficient (Wildman–Crippen LogP) is 4.43. The van der Waals surface area contributed by atoms with Crippen molar-refractivity contribution in [2.45, 2.75) is 51.4 Å². The number of nitrogens with zero attached hydrogens (tertiary/aromatic N) is 1. The molecule has 36 heavy (non-hydrogen) atoms. The molecule has 3 fully saturated rings. The number of carbonyl (C=O) groups is 3. The third kappa shape index (κ3) is 6.10. The van der Waals surface area contributed by atoms with E-state index >= 15 is 0 Å². The van der Waals surface area contributed by atoms with Crippen molar-refractivity contribution < 1.29 is 32.7 Å². The van der Waals surface area contributed by atoms with Crippen molar-refractivity contribution in [3.8, 4) is 0 Å². The first-order valence-corrected chi connectivity index (χ1v) is 12.4. The van der Waals surface area contributed by atoms with Crippen LogP contribution in [-0.2, 0) is 14.3 Å². The van der Waals surface area contributed by atoms with Crippen LogP contribution in [0.3, 0.4) is 0 Å². The molecule has 1 N–H and O–H groups in total. The number of piperidine rings is 3. The van der Waals surface area contributed by atoms with Crippen molar-refractivity contribution in [2.24, 2.45) is 5.92 Å². The Hall–Kier alpha value is -3.26. The molecule has 0 aliphatic carbocycles. The summed E-state index contributed by atoms with van der Waals surface area (Å²) in [5, 5.41) is 2.66. The average Bonchev–Trinajstić information content (AvgIpc) is 2.82. The van der Waals surface area contributed by atoms with Gasteiger partial charge in [-0.1, -0.05) is 42.5 Å². The van der Waals surface area contributed by atoms with Gasteiger partial charge < -0.3 is 19.3 Å². The van der Waals surface area contributed by atoms with Gasteiger partial charge in [-0.2, -0.15) is 0 Å². The molecule has 8 heteroatoms. The van der Waals surface area contributed by atoms with Gasteiger partial charge in [0, 0.05) is 18.8 Å². The fraction of sp³-hybridized carbons (Fsp3) is 0.464. The number of Topliss-reactive ketones (excluding diaryl/α,β-unsaturated/α-hetero) is 1. The first kappa shape index (κ1) is 25.8. The molecule has 3 heterocycles. The molecule has 2 aromatic carbocycles. The quantitative estimate of drug-likeness (QED) is 0.348. The highest BCUT2D eigenvalue weighted by Crippen LogP contribution is 2.36. The standard InChI is InChI=1S/C28H33FN2O5/c1-28(2,3)36-27(34)30-25(20-9-5-4-6-10-20)26(33)35-24-18-31(15-13-19(24)14-16-31)17-23(32)21-11-7-8-12-22(21)29/h4-12,19,24-25H,13-18H2,1-3H3/p+1. The molecule has 3 saturated heterocycles. The van der Waals surface area contributed by atoms with Gasteiger partial charge in [0.15, 0.2) is 12.1 Å². The summed E-state index contributed by atoms with van der Waals surface area (Å²) in [6.45, 7) is 7.49. The zero-order valence-corrected chi connectivity index (χ0v) is 21.0. The van der Waals surface area contributed by atoms with Crippen LogP contribution < -0.4 is 5.32 Å². The topological polar surface area (TPSA) is 81.7 Å². The zero-order valence-electron chi connectivity index (χ0n) is 21.0. The molecule has 0 saturated carbocycles. The highest BCUT2D eigenvalue weighted by Gasteiger charge is 2.49. The Balaban J connectivity index is 1.47. The van der Waals surface area contributed by atoms with E-state index in [-0.39, 0.29) is 29.9 Å². The Bertz CT molecular complexity index is 1110. The largest absolute Gasteiger partial charge is 0.454 e. The number of hydrogen-bond acceptors (Lipinski definition) is 5. The van der Waals surface area contributed by atoms with E-state index in [1.807, 2.05) is 6.07 Å². The minimum Gasteiger partial charge on any atom is -0.454 e. The van der Waals surface area contributed by atoms with Crippen LogP contribution in [0.25, 0.3) is 0 Å². The van der Waals surface area contributed by atoms with Gasteiger partial charge in [-0.25, -0.2) is 14.0 Å². The first-order valence-electron chi connectivity index (χ1n) is 12.4. The van der Waals surface area contributed by atoms with Crippen LogP contribution in [0.2, 0.25) is 0 Å². The molecule has 5 rings (SSSR count). The highest BCUT2D eigenvalue weighted by molar-refractivity contribution is 5.97. The third-order valence-corrected chi connectivity index (χ3v) is 6.99. The monoisotopic (exact) mass is 497 g/mol. The third-order valence-electron chi connectivity index (χ3n) is 6.99. The van der Waals surface area contributed by atoms with Crippen LogP contribution in [0.5, 0.6) is 0 Å². The Morgan fingerprint density at radius 1 is 1.03 bits per heavy atom. The molecule has 7 nitrogen and oxygen atoms in total. The average molecular weight is 498 g/mol. The fourth-order valence-corrected chi connectivity index (χ4v) is 5.22. The molecule has 2 atom stereocenters. The number of hydrogen-bond donors (Lipinski definition) is 1. The minimum absolute atomic E-state index is 0.0944. The van der Waals surface area contributed by atoms with Crippen LogP contribution in [0.15, 0.2) is 54.6 Å². The Morgan fingerprint density at radius 3 is 2.31 bits per heavy atom. The zero-order chi connectivity index (χ0) is 25.9. The number of ketones is 1. The van der Waals surface area contributed by atoms with Gasteiger partial charge in [0.25, 0.3) is 0 Å². The first-order chi connectivity index (χ1) is 17.1. The summed E-state index contributed by atoms with van der Waals surface area (Å²) in [6, 6.07) is 13.9. The maximum absolute atomic E-state index is 14.2. The predicted molar refractivity (Wildman–Crippen MR) is 132 cm³/mol. The SMILES string of the molecule is CC(C)(C)OC(=O)NC(C(=O)OC1C[N+]2(CC(=O)c3ccccc3F)CCC1CC2)c1ccccc1. The number of benzene rings is 2. The summed E-state index contributed by atoms with van der Waals surface area (Å²) in [5.74, 6) is -1.14. The summed E-state index contributed by atoms with van der Waals surface area (Å²) in [4.78, 5) is 38.8.